The molecule has 2 rings (SSSR count). The second-order valence-electron chi connectivity index (χ2n) is 6.35. The van der Waals surface area contributed by atoms with Gasteiger partial charge in [0.05, 0.1) is 14.2 Å². The average Bonchev–Trinajstić information content (AvgIpc) is 2.59. The highest BCUT2D eigenvalue weighted by atomic mass is 16.5. The number of hydrogen-bond acceptors (Lipinski definition) is 4. The van der Waals surface area contributed by atoms with E-state index in [0.29, 0.717) is 29.1 Å². The van der Waals surface area contributed by atoms with Crippen LogP contribution in [0.3, 0.4) is 0 Å². The largest absolute Gasteiger partial charge is 0.493 e. The first-order valence-electron chi connectivity index (χ1n) is 8.21. The van der Waals surface area contributed by atoms with Gasteiger partial charge in [-0.2, -0.15) is 0 Å². The molecule has 1 aromatic rings. The Labute approximate surface area is 139 Å². The van der Waals surface area contributed by atoms with Gasteiger partial charge in [0.2, 0.25) is 0 Å². The summed E-state index contributed by atoms with van der Waals surface area (Å²) in [6, 6.07) is 6.19. The maximum atomic E-state index is 12.7. The summed E-state index contributed by atoms with van der Waals surface area (Å²) in [5.41, 5.74) is 0.636. The van der Waals surface area contributed by atoms with Crippen molar-refractivity contribution < 1.29 is 14.3 Å². The Morgan fingerprint density at radius 3 is 2.30 bits per heavy atom. The van der Waals surface area contributed by atoms with Crippen LogP contribution >= 0.6 is 0 Å². The lowest BCUT2D eigenvalue weighted by Crippen LogP contribution is -2.47. The van der Waals surface area contributed by atoms with Gasteiger partial charge in [0.25, 0.3) is 5.91 Å². The summed E-state index contributed by atoms with van der Waals surface area (Å²) in [7, 11) is 5.07. The molecule has 0 spiro atoms. The van der Waals surface area contributed by atoms with Crippen molar-refractivity contribution in [2.24, 2.45) is 0 Å². The third kappa shape index (κ3) is 3.96. The Bertz CT molecular complexity index is 537. The van der Waals surface area contributed by atoms with Crippen LogP contribution in [0.5, 0.6) is 11.5 Å². The van der Waals surface area contributed by atoms with E-state index in [9.17, 15) is 4.79 Å². The molecule has 0 unspecified atom stereocenters. The van der Waals surface area contributed by atoms with Crippen molar-refractivity contribution in [1.82, 2.24) is 9.80 Å². The van der Waals surface area contributed by atoms with Crippen LogP contribution < -0.4 is 9.47 Å². The zero-order chi connectivity index (χ0) is 17.0. The Balaban J connectivity index is 2.05. The van der Waals surface area contributed by atoms with Crippen LogP contribution in [0, 0.1) is 0 Å². The highest BCUT2D eigenvalue weighted by Gasteiger charge is 2.27. The molecule has 0 atom stereocenters. The van der Waals surface area contributed by atoms with E-state index >= 15 is 0 Å². The standard InChI is InChI=1S/C18H28N2O3/c1-13(2)20-10-8-15(9-11-20)19(3)18(21)14-6-7-16(22-4)17(12-14)23-5/h6-7,12-13,15H,8-11H2,1-5H3. The number of hydrogen-bond donors (Lipinski definition) is 0. The third-order valence-corrected chi connectivity index (χ3v) is 4.73. The van der Waals surface area contributed by atoms with Gasteiger partial charge in [-0.15, -0.1) is 0 Å². The van der Waals surface area contributed by atoms with E-state index in [2.05, 4.69) is 18.7 Å². The number of benzene rings is 1. The zero-order valence-electron chi connectivity index (χ0n) is 14.8. The van der Waals surface area contributed by atoms with Crippen LogP contribution in [-0.2, 0) is 0 Å². The molecular formula is C18H28N2O3. The quantitative estimate of drug-likeness (QED) is 0.836. The molecule has 1 fully saturated rings. The number of amides is 1. The van der Waals surface area contributed by atoms with Crippen LogP contribution in [0.15, 0.2) is 18.2 Å². The topological polar surface area (TPSA) is 42.0 Å². The smallest absolute Gasteiger partial charge is 0.253 e. The molecule has 0 saturated carbocycles. The number of methoxy groups -OCH3 is 2. The fourth-order valence-corrected chi connectivity index (χ4v) is 3.13. The molecule has 1 aliphatic heterocycles. The summed E-state index contributed by atoms with van der Waals surface area (Å²) >= 11 is 0. The summed E-state index contributed by atoms with van der Waals surface area (Å²) in [5, 5.41) is 0. The number of carbonyl (C=O) groups excluding carboxylic acids is 1. The monoisotopic (exact) mass is 320 g/mol. The molecule has 1 aromatic carbocycles. The van der Waals surface area contributed by atoms with Gasteiger partial charge in [0.15, 0.2) is 11.5 Å². The number of carbonyl (C=O) groups is 1. The van der Waals surface area contributed by atoms with E-state index in [1.54, 1.807) is 32.4 Å². The molecule has 0 aliphatic carbocycles. The van der Waals surface area contributed by atoms with E-state index in [1.807, 2.05) is 11.9 Å². The van der Waals surface area contributed by atoms with E-state index in [4.69, 9.17) is 9.47 Å². The molecule has 23 heavy (non-hydrogen) atoms. The zero-order valence-corrected chi connectivity index (χ0v) is 14.8. The lowest BCUT2D eigenvalue weighted by molar-refractivity contribution is 0.0615. The Morgan fingerprint density at radius 1 is 1.17 bits per heavy atom. The van der Waals surface area contributed by atoms with Crippen LogP contribution in [0.4, 0.5) is 0 Å². The van der Waals surface area contributed by atoms with Crippen molar-refractivity contribution in [3.63, 3.8) is 0 Å². The third-order valence-electron chi connectivity index (χ3n) is 4.73. The first-order valence-corrected chi connectivity index (χ1v) is 8.21. The second-order valence-corrected chi connectivity index (χ2v) is 6.35. The fraction of sp³-hybridized carbons (Fsp3) is 0.611. The summed E-state index contributed by atoms with van der Waals surface area (Å²) in [5.74, 6) is 1.26. The van der Waals surface area contributed by atoms with Gasteiger partial charge in [-0.25, -0.2) is 0 Å². The van der Waals surface area contributed by atoms with Crippen LogP contribution in [0.2, 0.25) is 0 Å². The minimum atomic E-state index is 0.0361. The molecule has 1 saturated heterocycles. The van der Waals surface area contributed by atoms with Gasteiger partial charge in [-0.05, 0) is 44.9 Å². The molecule has 5 nitrogen and oxygen atoms in total. The lowest BCUT2D eigenvalue weighted by atomic mass is 10.0. The average molecular weight is 320 g/mol. The van der Waals surface area contributed by atoms with Crippen molar-refractivity contribution in [2.75, 3.05) is 34.4 Å². The summed E-state index contributed by atoms with van der Waals surface area (Å²) in [6.45, 7) is 6.54. The molecule has 0 aromatic heterocycles. The van der Waals surface area contributed by atoms with Gasteiger partial charge < -0.3 is 19.3 Å². The van der Waals surface area contributed by atoms with Crippen molar-refractivity contribution in [2.45, 2.75) is 38.8 Å². The Morgan fingerprint density at radius 2 is 1.78 bits per heavy atom. The normalized spacial score (nSPS) is 16.4. The van der Waals surface area contributed by atoms with Crippen molar-refractivity contribution in [3.8, 4) is 11.5 Å². The van der Waals surface area contributed by atoms with Gasteiger partial charge >= 0.3 is 0 Å². The van der Waals surface area contributed by atoms with Gasteiger partial charge in [-0.3, -0.25) is 4.79 Å². The minimum Gasteiger partial charge on any atom is -0.493 e. The fourth-order valence-electron chi connectivity index (χ4n) is 3.13. The summed E-state index contributed by atoms with van der Waals surface area (Å²) in [4.78, 5) is 17.1. The molecule has 0 radical (unpaired) electrons. The highest BCUT2D eigenvalue weighted by molar-refractivity contribution is 5.95. The van der Waals surface area contributed by atoms with Gasteiger partial charge in [-0.1, -0.05) is 0 Å². The molecule has 1 heterocycles. The molecule has 1 amide bonds. The molecule has 0 bridgehead atoms. The molecule has 1 aliphatic rings. The molecule has 5 heteroatoms. The predicted molar refractivity (Wildman–Crippen MR) is 91.4 cm³/mol. The summed E-state index contributed by atoms with van der Waals surface area (Å²) < 4.78 is 10.5. The number of piperidine rings is 1. The predicted octanol–water partition coefficient (Wildman–Crippen LogP) is 2.65. The van der Waals surface area contributed by atoms with Gasteiger partial charge in [0, 0.05) is 37.8 Å². The van der Waals surface area contributed by atoms with Crippen molar-refractivity contribution in [1.29, 1.82) is 0 Å². The SMILES string of the molecule is COc1ccc(C(=O)N(C)C2CCN(C(C)C)CC2)cc1OC. The van der Waals surface area contributed by atoms with Crippen LogP contribution in [0.1, 0.15) is 37.0 Å². The number of ether oxygens (including phenoxy) is 2. The first kappa shape index (κ1) is 17.6. The Hall–Kier alpha value is -1.75. The number of likely N-dealkylation sites (tertiary alicyclic amines) is 1. The van der Waals surface area contributed by atoms with Crippen molar-refractivity contribution in [3.05, 3.63) is 23.8 Å². The van der Waals surface area contributed by atoms with Crippen LogP contribution in [0.25, 0.3) is 0 Å². The maximum absolute atomic E-state index is 12.7. The first-order chi connectivity index (χ1) is 11.0. The minimum absolute atomic E-state index is 0.0361. The lowest BCUT2D eigenvalue weighted by Gasteiger charge is -2.38. The maximum Gasteiger partial charge on any atom is 0.253 e. The number of nitrogens with zero attached hydrogens (tertiary/aromatic N) is 2. The van der Waals surface area contributed by atoms with Crippen LogP contribution in [-0.4, -0.2) is 62.1 Å². The van der Waals surface area contributed by atoms with E-state index < -0.39 is 0 Å². The molecule has 0 N–H and O–H groups in total. The van der Waals surface area contributed by atoms with Crippen molar-refractivity contribution >= 4 is 5.91 Å². The summed E-state index contributed by atoms with van der Waals surface area (Å²) in [6.07, 6.45) is 2.04. The number of rotatable bonds is 5. The van der Waals surface area contributed by atoms with E-state index in [1.165, 1.54) is 0 Å². The molecular weight excluding hydrogens is 292 g/mol. The Kier molecular flexibility index (Phi) is 5.88. The molecule has 128 valence electrons. The van der Waals surface area contributed by atoms with E-state index in [-0.39, 0.29) is 5.91 Å². The second kappa shape index (κ2) is 7.68. The highest BCUT2D eigenvalue weighted by Crippen LogP contribution is 2.28. The van der Waals surface area contributed by atoms with E-state index in [0.717, 1.165) is 25.9 Å². The van der Waals surface area contributed by atoms with Gasteiger partial charge in [0.1, 0.15) is 0 Å².